The Morgan fingerprint density at radius 2 is 1.45 bits per heavy atom. The number of rotatable bonds is 6. The summed E-state index contributed by atoms with van der Waals surface area (Å²) in [6.45, 7) is 2.96. The fourth-order valence-corrected chi connectivity index (χ4v) is 5.85. The Hall–Kier alpha value is -2.42. The fraction of sp³-hybridized carbons (Fsp3) is 0.379. The van der Waals surface area contributed by atoms with Crippen molar-refractivity contribution in [3.63, 3.8) is 0 Å². The summed E-state index contributed by atoms with van der Waals surface area (Å²) >= 11 is 0. The first-order valence-corrected chi connectivity index (χ1v) is 11.7. The molecule has 2 heteroatoms. The van der Waals surface area contributed by atoms with Crippen molar-refractivity contribution in [2.45, 2.75) is 50.3 Å². The normalized spacial score (nSPS) is 25.8. The van der Waals surface area contributed by atoms with Crippen LogP contribution in [0.5, 0.6) is 0 Å². The molecule has 0 aliphatic carbocycles. The van der Waals surface area contributed by atoms with Crippen molar-refractivity contribution >= 4 is 0 Å². The lowest BCUT2D eigenvalue weighted by atomic mass is 9.76. The number of hydrogen-bond donors (Lipinski definition) is 0. The van der Waals surface area contributed by atoms with E-state index in [2.05, 4.69) is 104 Å². The molecule has 3 unspecified atom stereocenters. The summed E-state index contributed by atoms with van der Waals surface area (Å²) in [5.74, 6) is 1.09. The Morgan fingerprint density at radius 1 is 0.839 bits per heavy atom. The van der Waals surface area contributed by atoms with E-state index in [1.807, 2.05) is 0 Å². The van der Waals surface area contributed by atoms with Crippen molar-refractivity contribution in [2.24, 2.45) is 5.92 Å². The van der Waals surface area contributed by atoms with Crippen LogP contribution in [0.25, 0.3) is 0 Å². The standard InChI is InChI=1S/C29H33NO/c1-21-13-15-22(16-14-21)26-19-25-17-18-28(30(25)2)27(26)20-31-29(23-9-5-3-6-10-23)24-11-7-4-8-12-24/h3-16,25-29H,17-20H2,1-2H3/t25?,26?,27-,28?/m0/s1. The van der Waals surface area contributed by atoms with Crippen molar-refractivity contribution in [3.05, 3.63) is 107 Å². The zero-order valence-electron chi connectivity index (χ0n) is 18.7. The summed E-state index contributed by atoms with van der Waals surface area (Å²) < 4.78 is 6.80. The lowest BCUT2D eigenvalue weighted by Gasteiger charge is -2.43. The quantitative estimate of drug-likeness (QED) is 0.467. The zero-order valence-corrected chi connectivity index (χ0v) is 18.7. The fourth-order valence-electron chi connectivity index (χ4n) is 5.85. The minimum atomic E-state index is -0.0227. The highest BCUT2D eigenvalue weighted by Gasteiger charge is 2.46. The van der Waals surface area contributed by atoms with Crippen molar-refractivity contribution < 1.29 is 4.74 Å². The third-order valence-corrected chi connectivity index (χ3v) is 7.60. The molecule has 2 saturated heterocycles. The van der Waals surface area contributed by atoms with E-state index in [-0.39, 0.29) is 6.10 Å². The smallest absolute Gasteiger partial charge is 0.108 e. The van der Waals surface area contributed by atoms with Crippen LogP contribution >= 0.6 is 0 Å². The van der Waals surface area contributed by atoms with Gasteiger partial charge in [0.2, 0.25) is 0 Å². The van der Waals surface area contributed by atoms with Gasteiger partial charge in [0.15, 0.2) is 0 Å². The van der Waals surface area contributed by atoms with Gasteiger partial charge in [-0.3, -0.25) is 0 Å². The van der Waals surface area contributed by atoms with Crippen LogP contribution in [0.2, 0.25) is 0 Å². The van der Waals surface area contributed by atoms with Gasteiger partial charge < -0.3 is 9.64 Å². The SMILES string of the molecule is Cc1ccc(C2CC3CCC([C@H]2COC(c2ccccc2)c2ccccc2)N3C)cc1. The summed E-state index contributed by atoms with van der Waals surface area (Å²) in [5, 5.41) is 0. The van der Waals surface area contributed by atoms with E-state index in [9.17, 15) is 0 Å². The average Bonchev–Trinajstić information content (AvgIpc) is 3.05. The lowest BCUT2D eigenvalue weighted by molar-refractivity contribution is -0.00336. The second-order valence-electron chi connectivity index (χ2n) is 9.42. The third-order valence-electron chi connectivity index (χ3n) is 7.60. The molecule has 2 aliphatic heterocycles. The molecule has 2 fully saturated rings. The maximum Gasteiger partial charge on any atom is 0.108 e. The minimum absolute atomic E-state index is 0.0227. The van der Waals surface area contributed by atoms with Crippen LogP contribution in [0.15, 0.2) is 84.9 Å². The molecule has 160 valence electrons. The summed E-state index contributed by atoms with van der Waals surface area (Å²) in [7, 11) is 2.33. The van der Waals surface area contributed by atoms with Gasteiger partial charge in [-0.15, -0.1) is 0 Å². The molecule has 3 aromatic rings. The summed E-state index contributed by atoms with van der Waals surface area (Å²) in [5.41, 5.74) is 5.28. The predicted octanol–water partition coefficient (Wildman–Crippen LogP) is 6.37. The number of piperidine rings is 1. The number of hydrogen-bond acceptors (Lipinski definition) is 2. The Labute approximate surface area is 186 Å². The van der Waals surface area contributed by atoms with Crippen LogP contribution in [0.4, 0.5) is 0 Å². The molecule has 2 nitrogen and oxygen atoms in total. The van der Waals surface area contributed by atoms with Crippen molar-refractivity contribution in [2.75, 3.05) is 13.7 Å². The van der Waals surface area contributed by atoms with E-state index < -0.39 is 0 Å². The molecule has 0 saturated carbocycles. The van der Waals surface area contributed by atoms with E-state index in [1.54, 1.807) is 0 Å². The molecule has 0 radical (unpaired) electrons. The highest BCUT2D eigenvalue weighted by Crippen LogP contribution is 2.47. The van der Waals surface area contributed by atoms with Gasteiger partial charge in [-0.25, -0.2) is 0 Å². The van der Waals surface area contributed by atoms with Gasteiger partial charge in [-0.05, 0) is 55.8 Å². The topological polar surface area (TPSA) is 12.5 Å². The summed E-state index contributed by atoms with van der Waals surface area (Å²) in [4.78, 5) is 2.64. The summed E-state index contributed by atoms with van der Waals surface area (Å²) in [6, 6.07) is 31.9. The van der Waals surface area contributed by atoms with Crippen LogP contribution in [0.3, 0.4) is 0 Å². The first kappa shape index (κ1) is 20.5. The van der Waals surface area contributed by atoms with E-state index in [0.717, 1.165) is 6.61 Å². The Bertz CT molecular complexity index is 929. The average molecular weight is 412 g/mol. The van der Waals surface area contributed by atoms with Gasteiger partial charge in [0.05, 0.1) is 6.61 Å². The van der Waals surface area contributed by atoms with Crippen LogP contribution in [0, 0.1) is 12.8 Å². The van der Waals surface area contributed by atoms with Gasteiger partial charge in [-0.2, -0.15) is 0 Å². The van der Waals surface area contributed by atoms with Crippen LogP contribution < -0.4 is 0 Å². The molecular weight excluding hydrogens is 378 g/mol. The highest BCUT2D eigenvalue weighted by atomic mass is 16.5. The van der Waals surface area contributed by atoms with Gasteiger partial charge in [0.25, 0.3) is 0 Å². The molecule has 4 atom stereocenters. The number of nitrogens with zero attached hydrogens (tertiary/aromatic N) is 1. The lowest BCUT2D eigenvalue weighted by Crippen LogP contribution is -2.47. The van der Waals surface area contributed by atoms with Crippen LogP contribution in [-0.4, -0.2) is 30.6 Å². The van der Waals surface area contributed by atoms with Crippen molar-refractivity contribution in [1.29, 1.82) is 0 Å². The molecule has 3 aromatic carbocycles. The molecule has 2 aliphatic rings. The zero-order chi connectivity index (χ0) is 21.2. The van der Waals surface area contributed by atoms with E-state index >= 15 is 0 Å². The Morgan fingerprint density at radius 3 is 2.06 bits per heavy atom. The molecule has 2 bridgehead atoms. The number of ether oxygens (including phenoxy) is 1. The largest absolute Gasteiger partial charge is 0.368 e. The molecular formula is C29H33NO. The first-order valence-electron chi connectivity index (χ1n) is 11.7. The minimum Gasteiger partial charge on any atom is -0.368 e. The van der Waals surface area contributed by atoms with Gasteiger partial charge in [0, 0.05) is 18.0 Å². The second-order valence-corrected chi connectivity index (χ2v) is 9.42. The monoisotopic (exact) mass is 411 g/mol. The van der Waals surface area contributed by atoms with Crippen molar-refractivity contribution in [1.82, 2.24) is 4.90 Å². The predicted molar refractivity (Wildman–Crippen MR) is 127 cm³/mol. The molecule has 2 heterocycles. The molecule has 5 rings (SSSR count). The van der Waals surface area contributed by atoms with Crippen LogP contribution in [0.1, 0.15) is 53.5 Å². The summed E-state index contributed by atoms with van der Waals surface area (Å²) in [6.07, 6.45) is 3.83. The van der Waals surface area contributed by atoms with E-state index in [1.165, 1.54) is 41.5 Å². The Kier molecular flexibility index (Phi) is 5.93. The van der Waals surface area contributed by atoms with E-state index in [4.69, 9.17) is 4.74 Å². The maximum absolute atomic E-state index is 6.80. The molecule has 0 aromatic heterocycles. The number of fused-ring (bicyclic) bond motifs is 2. The highest BCUT2D eigenvalue weighted by molar-refractivity contribution is 5.30. The second kappa shape index (κ2) is 8.98. The molecule has 31 heavy (non-hydrogen) atoms. The first-order chi connectivity index (χ1) is 15.2. The molecule has 0 spiro atoms. The van der Waals surface area contributed by atoms with Gasteiger partial charge >= 0.3 is 0 Å². The van der Waals surface area contributed by atoms with Crippen LogP contribution in [-0.2, 0) is 4.74 Å². The van der Waals surface area contributed by atoms with Gasteiger partial charge in [-0.1, -0.05) is 90.5 Å². The maximum atomic E-state index is 6.80. The Balaban J connectivity index is 1.43. The number of aryl methyl sites for hydroxylation is 1. The van der Waals surface area contributed by atoms with E-state index in [0.29, 0.717) is 23.9 Å². The number of benzene rings is 3. The molecule has 0 amide bonds. The third kappa shape index (κ3) is 4.20. The molecule has 0 N–H and O–H groups in total. The van der Waals surface area contributed by atoms with Gasteiger partial charge in [0.1, 0.15) is 6.10 Å². The van der Waals surface area contributed by atoms with Crippen molar-refractivity contribution in [3.8, 4) is 0 Å².